The van der Waals surface area contributed by atoms with E-state index >= 15 is 0 Å². The summed E-state index contributed by atoms with van der Waals surface area (Å²) in [5.74, 6) is 1.07. The Labute approximate surface area is 204 Å². The van der Waals surface area contributed by atoms with Gasteiger partial charge < -0.3 is 5.32 Å². The van der Waals surface area contributed by atoms with Crippen LogP contribution < -0.4 is 5.32 Å². The summed E-state index contributed by atoms with van der Waals surface area (Å²) in [6.45, 7) is 0.360. The van der Waals surface area contributed by atoms with Crippen LogP contribution in [0.2, 0.25) is 0 Å². The third-order valence-corrected chi connectivity index (χ3v) is 6.80. The number of carbonyl (C=O) groups is 1. The van der Waals surface area contributed by atoms with E-state index in [0.29, 0.717) is 18.0 Å². The first-order valence-corrected chi connectivity index (χ1v) is 12.3. The van der Waals surface area contributed by atoms with Crippen LogP contribution >= 0.6 is 23.1 Å². The molecule has 1 amide bonds. The van der Waals surface area contributed by atoms with Gasteiger partial charge in [0.05, 0.1) is 18.0 Å². The Hall–Kier alpha value is -3.89. The molecular weight excluding hydrogens is 466 g/mol. The highest BCUT2D eigenvalue weighted by Gasteiger charge is 2.17. The number of aromatic nitrogens is 6. The maximum absolute atomic E-state index is 12.5. The molecule has 34 heavy (non-hydrogen) atoms. The van der Waals surface area contributed by atoms with Gasteiger partial charge in [-0.3, -0.25) is 19.3 Å². The Kier molecular flexibility index (Phi) is 6.68. The minimum atomic E-state index is -0.218. The number of nitrogens with one attached hydrogen (secondary N) is 1. The molecule has 0 spiro atoms. The van der Waals surface area contributed by atoms with Gasteiger partial charge in [-0.05, 0) is 36.4 Å². The lowest BCUT2D eigenvalue weighted by atomic mass is 10.2. The van der Waals surface area contributed by atoms with Crippen molar-refractivity contribution in [3.05, 3.63) is 101 Å². The summed E-state index contributed by atoms with van der Waals surface area (Å²) in [6, 6.07) is 19.4. The molecular formula is C24H19N7OS2. The molecule has 5 rings (SSSR count). The third-order valence-electron chi connectivity index (χ3n) is 4.83. The van der Waals surface area contributed by atoms with Crippen molar-refractivity contribution in [2.24, 2.45) is 0 Å². The van der Waals surface area contributed by atoms with Crippen molar-refractivity contribution >= 4 is 29.0 Å². The zero-order chi connectivity index (χ0) is 23.2. The van der Waals surface area contributed by atoms with Crippen molar-refractivity contribution in [1.82, 2.24) is 35.0 Å². The highest BCUT2D eigenvalue weighted by atomic mass is 32.2. The molecule has 0 aliphatic heterocycles. The number of rotatable bonds is 8. The molecule has 0 unspecified atom stereocenters. The quantitative estimate of drug-likeness (QED) is 0.325. The van der Waals surface area contributed by atoms with E-state index in [-0.39, 0.29) is 5.91 Å². The number of nitrogens with zero attached hydrogens (tertiary/aromatic N) is 6. The first-order valence-electron chi connectivity index (χ1n) is 10.4. The minimum Gasteiger partial charge on any atom is -0.345 e. The number of hydrogen-bond donors (Lipinski definition) is 1. The second kappa shape index (κ2) is 10.4. The molecule has 0 fully saturated rings. The van der Waals surface area contributed by atoms with Crippen LogP contribution in [-0.4, -0.2) is 35.6 Å². The second-order valence-electron chi connectivity index (χ2n) is 7.14. The van der Waals surface area contributed by atoms with E-state index in [1.807, 2.05) is 65.2 Å². The minimum absolute atomic E-state index is 0.218. The van der Waals surface area contributed by atoms with Gasteiger partial charge >= 0.3 is 0 Å². The average molecular weight is 486 g/mol. The molecule has 1 N–H and O–H groups in total. The molecule has 0 saturated heterocycles. The molecule has 0 aliphatic carbocycles. The van der Waals surface area contributed by atoms with Gasteiger partial charge in [0.25, 0.3) is 5.91 Å². The first kappa shape index (κ1) is 21.9. The third kappa shape index (κ3) is 5.03. The Morgan fingerprint density at radius 1 is 1.00 bits per heavy atom. The van der Waals surface area contributed by atoms with Crippen LogP contribution in [0.3, 0.4) is 0 Å². The molecule has 10 heteroatoms. The number of pyridine rings is 2. The second-order valence-corrected chi connectivity index (χ2v) is 9.02. The summed E-state index contributed by atoms with van der Waals surface area (Å²) >= 11 is 2.97. The van der Waals surface area contributed by atoms with Gasteiger partial charge in [-0.1, -0.05) is 36.0 Å². The molecule has 4 heterocycles. The summed E-state index contributed by atoms with van der Waals surface area (Å²) < 4.78 is 2.01. The highest BCUT2D eigenvalue weighted by molar-refractivity contribution is 7.98. The van der Waals surface area contributed by atoms with Crippen molar-refractivity contribution < 1.29 is 4.79 Å². The standard InChI is InChI=1S/C24H19N7OS2/c32-23(27-14-18-8-4-5-12-26-18)20-15-33-21(28-20)16-34-24-30-29-22(17-7-6-11-25-13-17)31(24)19-9-2-1-3-10-19/h1-13,15H,14,16H2,(H,27,32). The Balaban J connectivity index is 1.31. The molecule has 1 aromatic carbocycles. The van der Waals surface area contributed by atoms with Gasteiger partial charge in [0, 0.05) is 35.2 Å². The summed E-state index contributed by atoms with van der Waals surface area (Å²) in [6.07, 6.45) is 5.21. The SMILES string of the molecule is O=C(NCc1ccccn1)c1csc(CSc2nnc(-c3cccnc3)n2-c2ccccc2)n1. The smallest absolute Gasteiger partial charge is 0.271 e. The highest BCUT2D eigenvalue weighted by Crippen LogP contribution is 2.30. The van der Waals surface area contributed by atoms with Gasteiger partial charge in [0.2, 0.25) is 0 Å². The predicted molar refractivity (Wildman–Crippen MR) is 132 cm³/mol. The monoisotopic (exact) mass is 485 g/mol. The topological polar surface area (TPSA) is 98.5 Å². The number of para-hydroxylation sites is 1. The van der Waals surface area contributed by atoms with E-state index in [9.17, 15) is 4.79 Å². The average Bonchev–Trinajstić information content (AvgIpc) is 3.55. The van der Waals surface area contributed by atoms with Gasteiger partial charge in [0.15, 0.2) is 11.0 Å². The van der Waals surface area contributed by atoms with Gasteiger partial charge in [0.1, 0.15) is 10.7 Å². The van der Waals surface area contributed by atoms with Crippen molar-refractivity contribution in [3.8, 4) is 17.1 Å². The molecule has 4 aromatic heterocycles. The summed E-state index contributed by atoms with van der Waals surface area (Å²) in [7, 11) is 0. The Bertz CT molecular complexity index is 1370. The first-order chi connectivity index (χ1) is 16.8. The fraction of sp³-hybridized carbons (Fsp3) is 0.0833. The normalized spacial score (nSPS) is 10.8. The number of thioether (sulfide) groups is 1. The largest absolute Gasteiger partial charge is 0.345 e. The van der Waals surface area contributed by atoms with Crippen molar-refractivity contribution in [2.45, 2.75) is 17.5 Å². The molecule has 5 aromatic rings. The van der Waals surface area contributed by atoms with Crippen LogP contribution in [0.15, 0.2) is 89.8 Å². The van der Waals surface area contributed by atoms with Crippen LogP contribution in [0.1, 0.15) is 21.2 Å². The molecule has 0 atom stereocenters. The molecule has 0 bridgehead atoms. The van der Waals surface area contributed by atoms with E-state index in [1.165, 1.54) is 23.1 Å². The number of amides is 1. The predicted octanol–water partition coefficient (Wildman–Crippen LogP) is 4.40. The van der Waals surface area contributed by atoms with E-state index in [1.54, 1.807) is 24.0 Å². The van der Waals surface area contributed by atoms with Crippen LogP contribution in [0.5, 0.6) is 0 Å². The van der Waals surface area contributed by atoms with E-state index in [2.05, 4.69) is 30.5 Å². The van der Waals surface area contributed by atoms with Gasteiger partial charge in [-0.15, -0.1) is 21.5 Å². The van der Waals surface area contributed by atoms with Crippen LogP contribution in [0.4, 0.5) is 0 Å². The summed E-state index contributed by atoms with van der Waals surface area (Å²) in [5, 5.41) is 15.1. The van der Waals surface area contributed by atoms with Crippen molar-refractivity contribution in [1.29, 1.82) is 0 Å². The number of hydrogen-bond acceptors (Lipinski definition) is 8. The van der Waals surface area contributed by atoms with E-state index < -0.39 is 0 Å². The maximum Gasteiger partial charge on any atom is 0.271 e. The molecule has 0 radical (unpaired) electrons. The molecule has 8 nitrogen and oxygen atoms in total. The fourth-order valence-corrected chi connectivity index (χ4v) is 4.97. The van der Waals surface area contributed by atoms with Gasteiger partial charge in [-0.25, -0.2) is 4.98 Å². The summed E-state index contributed by atoms with van der Waals surface area (Å²) in [5.41, 5.74) is 3.04. The maximum atomic E-state index is 12.5. The van der Waals surface area contributed by atoms with Crippen LogP contribution in [-0.2, 0) is 12.3 Å². The lowest BCUT2D eigenvalue weighted by Gasteiger charge is -2.09. The van der Waals surface area contributed by atoms with Gasteiger partial charge in [-0.2, -0.15) is 0 Å². The van der Waals surface area contributed by atoms with E-state index in [4.69, 9.17) is 0 Å². The fourth-order valence-electron chi connectivity index (χ4n) is 3.23. The number of thiazole rings is 1. The molecule has 0 aliphatic rings. The molecule has 168 valence electrons. The zero-order valence-electron chi connectivity index (χ0n) is 17.9. The number of benzene rings is 1. The van der Waals surface area contributed by atoms with Crippen LogP contribution in [0, 0.1) is 0 Å². The molecule has 0 saturated carbocycles. The Morgan fingerprint density at radius 3 is 2.68 bits per heavy atom. The van der Waals surface area contributed by atoms with E-state index in [0.717, 1.165) is 32.9 Å². The number of carbonyl (C=O) groups excluding carboxylic acids is 1. The Morgan fingerprint density at radius 2 is 1.88 bits per heavy atom. The summed E-state index contributed by atoms with van der Waals surface area (Å²) in [4.78, 5) is 25.4. The zero-order valence-corrected chi connectivity index (χ0v) is 19.5. The van der Waals surface area contributed by atoms with Crippen molar-refractivity contribution in [3.63, 3.8) is 0 Å². The lowest BCUT2D eigenvalue weighted by molar-refractivity contribution is 0.0946. The van der Waals surface area contributed by atoms with Crippen LogP contribution in [0.25, 0.3) is 17.1 Å². The van der Waals surface area contributed by atoms with Crippen molar-refractivity contribution in [2.75, 3.05) is 0 Å². The lowest BCUT2D eigenvalue weighted by Crippen LogP contribution is -2.23.